The van der Waals surface area contributed by atoms with Gasteiger partial charge in [0, 0.05) is 28.0 Å². The molecule has 0 bridgehead atoms. The molecule has 0 aromatic heterocycles. The molecule has 0 fully saturated rings. The molecule has 0 saturated carbocycles. The number of nitrogens with one attached hydrogen (secondary N) is 2. The van der Waals surface area contributed by atoms with Gasteiger partial charge in [-0.2, -0.15) is 0 Å². The second kappa shape index (κ2) is 7.04. The lowest BCUT2D eigenvalue weighted by atomic mass is 10.2. The third kappa shape index (κ3) is 4.29. The number of non-ortho nitro benzene ring substituents is 1. The molecule has 22 heavy (non-hydrogen) atoms. The van der Waals surface area contributed by atoms with E-state index >= 15 is 0 Å². The summed E-state index contributed by atoms with van der Waals surface area (Å²) < 4.78 is 0.999. The Balaban J connectivity index is 1.94. The Morgan fingerprint density at radius 3 is 2.68 bits per heavy atom. The van der Waals surface area contributed by atoms with Gasteiger partial charge in [-0.3, -0.25) is 14.9 Å². The van der Waals surface area contributed by atoms with Gasteiger partial charge in [-0.15, -0.1) is 0 Å². The highest BCUT2D eigenvalue weighted by atomic mass is 79.9. The summed E-state index contributed by atoms with van der Waals surface area (Å²) >= 11 is 3.41. The van der Waals surface area contributed by atoms with Crippen molar-refractivity contribution in [2.75, 3.05) is 17.2 Å². The smallest absolute Gasteiger partial charge is 0.271 e. The number of nitro benzene ring substituents is 1. The molecule has 0 atom stereocenters. The van der Waals surface area contributed by atoms with Gasteiger partial charge in [0.05, 0.1) is 11.5 Å². The fourth-order valence-electron chi connectivity index (χ4n) is 1.84. The van der Waals surface area contributed by atoms with Crippen LogP contribution >= 0.6 is 15.9 Å². The molecular formula is C15H14BrN3O3. The quantitative estimate of drug-likeness (QED) is 0.626. The fourth-order valence-corrected chi connectivity index (χ4v) is 2.09. The average molecular weight is 364 g/mol. The molecule has 0 aliphatic carbocycles. The first-order valence-electron chi connectivity index (χ1n) is 6.50. The predicted molar refractivity (Wildman–Crippen MR) is 89.1 cm³/mol. The van der Waals surface area contributed by atoms with Crippen LogP contribution in [0.15, 0.2) is 46.9 Å². The Morgan fingerprint density at radius 1 is 1.23 bits per heavy atom. The van der Waals surface area contributed by atoms with Crippen LogP contribution in [0.1, 0.15) is 5.56 Å². The van der Waals surface area contributed by atoms with E-state index in [0.717, 1.165) is 15.7 Å². The number of hydrogen-bond acceptors (Lipinski definition) is 4. The minimum absolute atomic E-state index is 0.0608. The first-order valence-corrected chi connectivity index (χ1v) is 7.29. The molecule has 0 spiro atoms. The highest BCUT2D eigenvalue weighted by Crippen LogP contribution is 2.20. The molecule has 2 aromatic carbocycles. The van der Waals surface area contributed by atoms with Crippen LogP contribution in [0.2, 0.25) is 0 Å². The molecule has 0 saturated heterocycles. The SMILES string of the molecule is Cc1cc(NCC(=O)Nc2cccc([N+](=O)[O-])c2)ccc1Br. The first-order chi connectivity index (χ1) is 10.5. The number of nitrogens with zero attached hydrogens (tertiary/aromatic N) is 1. The van der Waals surface area contributed by atoms with Crippen molar-refractivity contribution >= 4 is 38.9 Å². The van der Waals surface area contributed by atoms with Gasteiger partial charge < -0.3 is 10.6 Å². The topological polar surface area (TPSA) is 84.3 Å². The molecule has 0 aliphatic heterocycles. The molecule has 114 valence electrons. The second-order valence-electron chi connectivity index (χ2n) is 4.67. The van der Waals surface area contributed by atoms with Crippen molar-refractivity contribution in [1.82, 2.24) is 0 Å². The summed E-state index contributed by atoms with van der Waals surface area (Å²) in [7, 11) is 0. The van der Waals surface area contributed by atoms with Crippen LogP contribution in [0, 0.1) is 17.0 Å². The zero-order valence-electron chi connectivity index (χ0n) is 11.8. The maximum atomic E-state index is 11.9. The molecule has 2 rings (SSSR count). The Labute approximate surface area is 135 Å². The van der Waals surface area contributed by atoms with E-state index in [1.165, 1.54) is 18.2 Å². The van der Waals surface area contributed by atoms with Gasteiger partial charge in [0.25, 0.3) is 5.69 Å². The Hall–Kier alpha value is -2.41. The molecule has 0 radical (unpaired) electrons. The van der Waals surface area contributed by atoms with E-state index in [9.17, 15) is 14.9 Å². The summed E-state index contributed by atoms with van der Waals surface area (Å²) in [6.45, 7) is 2.03. The van der Waals surface area contributed by atoms with E-state index in [-0.39, 0.29) is 18.1 Å². The molecule has 7 heteroatoms. The number of amides is 1. The first kappa shape index (κ1) is 16.0. The standard InChI is InChI=1S/C15H14BrN3O3/c1-10-7-11(5-6-14(10)16)17-9-15(20)18-12-3-2-4-13(8-12)19(21)22/h2-8,17H,9H2,1H3,(H,18,20). The highest BCUT2D eigenvalue weighted by Gasteiger charge is 2.08. The highest BCUT2D eigenvalue weighted by molar-refractivity contribution is 9.10. The monoisotopic (exact) mass is 363 g/mol. The van der Waals surface area contributed by atoms with Gasteiger partial charge in [0.2, 0.25) is 5.91 Å². The summed E-state index contributed by atoms with van der Waals surface area (Å²) in [5.74, 6) is -0.277. The average Bonchev–Trinajstić information content (AvgIpc) is 2.49. The molecule has 2 aromatic rings. The molecular weight excluding hydrogens is 350 g/mol. The number of anilines is 2. The number of carbonyl (C=O) groups excluding carboxylic acids is 1. The zero-order chi connectivity index (χ0) is 16.1. The number of halogens is 1. The van der Waals surface area contributed by atoms with Crippen LogP contribution in [-0.2, 0) is 4.79 Å². The molecule has 0 aliphatic rings. The number of aryl methyl sites for hydroxylation is 1. The van der Waals surface area contributed by atoms with E-state index in [1.807, 2.05) is 25.1 Å². The van der Waals surface area contributed by atoms with E-state index in [1.54, 1.807) is 6.07 Å². The van der Waals surface area contributed by atoms with Crippen molar-refractivity contribution in [2.45, 2.75) is 6.92 Å². The maximum Gasteiger partial charge on any atom is 0.271 e. The number of nitro groups is 1. The minimum Gasteiger partial charge on any atom is -0.376 e. The van der Waals surface area contributed by atoms with Gasteiger partial charge >= 0.3 is 0 Å². The van der Waals surface area contributed by atoms with Crippen LogP contribution < -0.4 is 10.6 Å². The van der Waals surface area contributed by atoms with Crippen LogP contribution in [0.25, 0.3) is 0 Å². The van der Waals surface area contributed by atoms with Crippen molar-refractivity contribution in [2.24, 2.45) is 0 Å². The van der Waals surface area contributed by atoms with Crippen molar-refractivity contribution in [1.29, 1.82) is 0 Å². The van der Waals surface area contributed by atoms with Crippen LogP contribution in [0.4, 0.5) is 17.1 Å². The lowest BCUT2D eigenvalue weighted by Crippen LogP contribution is -2.21. The Morgan fingerprint density at radius 2 is 2.00 bits per heavy atom. The summed E-state index contributed by atoms with van der Waals surface area (Å²) in [6, 6.07) is 11.5. The second-order valence-corrected chi connectivity index (χ2v) is 5.53. The minimum atomic E-state index is -0.501. The molecule has 6 nitrogen and oxygen atoms in total. The predicted octanol–water partition coefficient (Wildman–Crippen LogP) is 3.72. The number of benzene rings is 2. The third-order valence-corrected chi connectivity index (χ3v) is 3.84. The van der Waals surface area contributed by atoms with Crippen LogP contribution in [-0.4, -0.2) is 17.4 Å². The number of rotatable bonds is 5. The summed E-state index contributed by atoms with van der Waals surface area (Å²) in [6.07, 6.45) is 0. The summed E-state index contributed by atoms with van der Waals surface area (Å²) in [5, 5.41) is 16.3. The number of carbonyl (C=O) groups is 1. The molecule has 0 heterocycles. The van der Waals surface area contributed by atoms with Gasteiger partial charge in [-0.1, -0.05) is 22.0 Å². The normalized spacial score (nSPS) is 10.1. The van der Waals surface area contributed by atoms with Gasteiger partial charge in [-0.05, 0) is 36.8 Å². The van der Waals surface area contributed by atoms with Crippen LogP contribution in [0.5, 0.6) is 0 Å². The van der Waals surface area contributed by atoms with Crippen molar-refractivity contribution in [3.63, 3.8) is 0 Å². The third-order valence-electron chi connectivity index (χ3n) is 2.95. The van der Waals surface area contributed by atoms with Crippen molar-refractivity contribution in [3.8, 4) is 0 Å². The Bertz CT molecular complexity index is 719. The number of hydrogen-bond donors (Lipinski definition) is 2. The zero-order valence-corrected chi connectivity index (χ0v) is 13.4. The summed E-state index contributed by atoms with van der Waals surface area (Å²) in [5.41, 5.74) is 2.22. The van der Waals surface area contributed by atoms with E-state index in [4.69, 9.17) is 0 Å². The lowest BCUT2D eigenvalue weighted by Gasteiger charge is -2.09. The van der Waals surface area contributed by atoms with Gasteiger partial charge in [-0.25, -0.2) is 0 Å². The van der Waals surface area contributed by atoms with Crippen molar-refractivity contribution in [3.05, 3.63) is 62.6 Å². The van der Waals surface area contributed by atoms with E-state index in [0.29, 0.717) is 5.69 Å². The summed E-state index contributed by atoms with van der Waals surface area (Å²) in [4.78, 5) is 22.1. The fraction of sp³-hybridized carbons (Fsp3) is 0.133. The van der Waals surface area contributed by atoms with E-state index in [2.05, 4.69) is 26.6 Å². The molecule has 2 N–H and O–H groups in total. The largest absolute Gasteiger partial charge is 0.376 e. The molecule has 1 amide bonds. The maximum absolute atomic E-state index is 11.9. The Kier molecular flexibility index (Phi) is 5.11. The van der Waals surface area contributed by atoms with Gasteiger partial charge in [0.15, 0.2) is 0 Å². The van der Waals surface area contributed by atoms with Crippen molar-refractivity contribution < 1.29 is 9.72 Å². The van der Waals surface area contributed by atoms with Gasteiger partial charge in [0.1, 0.15) is 0 Å². The van der Waals surface area contributed by atoms with E-state index < -0.39 is 4.92 Å². The molecule has 0 unspecified atom stereocenters. The lowest BCUT2D eigenvalue weighted by molar-refractivity contribution is -0.384. The van der Waals surface area contributed by atoms with Crippen LogP contribution in [0.3, 0.4) is 0 Å².